The van der Waals surface area contributed by atoms with Crippen molar-refractivity contribution in [2.75, 3.05) is 4.90 Å². The maximum atomic E-state index is 16.2. The van der Waals surface area contributed by atoms with E-state index in [-0.39, 0.29) is 83.8 Å². The van der Waals surface area contributed by atoms with E-state index in [2.05, 4.69) is 307 Å². The highest BCUT2D eigenvalue weighted by atomic mass is 19.2. The van der Waals surface area contributed by atoms with Crippen LogP contribution in [0.4, 0.5) is 23.2 Å². The SMILES string of the molecule is C=CC1=CCC(OC2CC=C(C3(c4ccc(C(C)(C)C)cc4)c4ccccc4-c4ccc(C5=CCCC(N(C6=CCC(F)C(F)C6)C6C=CC7C(C6)OC6C=C(N(c8ccc(F)c(F)c8)C8C=C(C9C=CC%10=C(C9)C(c9ccc(OC%11=CCC(C=C)C=C%11)cc9)(C9C=CC(C(C)(C)C)=CC9)c9ccccc9%10)C=CC8)C=CC67)=C5)cc43)CC2)C=C1. The lowest BCUT2D eigenvalue weighted by Crippen LogP contribution is -2.41. The number of ether oxygens (including phenoxy) is 3. The van der Waals surface area contributed by atoms with Gasteiger partial charge in [-0.1, -0.05) is 272 Å². The van der Waals surface area contributed by atoms with Gasteiger partial charge in [0.2, 0.25) is 0 Å². The summed E-state index contributed by atoms with van der Waals surface area (Å²) >= 11 is 0. The summed E-state index contributed by atoms with van der Waals surface area (Å²) in [5.74, 6) is 0.246. The summed E-state index contributed by atoms with van der Waals surface area (Å²) in [6, 6.07) is 47.3. The van der Waals surface area contributed by atoms with Gasteiger partial charge < -0.3 is 24.0 Å². The molecule has 12 aliphatic carbocycles. The Balaban J connectivity index is 0.615. The van der Waals surface area contributed by atoms with E-state index in [1.54, 1.807) is 6.07 Å². The van der Waals surface area contributed by atoms with Crippen LogP contribution in [0.5, 0.6) is 5.75 Å². The molecule has 119 heavy (non-hydrogen) atoms. The second kappa shape index (κ2) is 31.5. The van der Waals surface area contributed by atoms with Gasteiger partial charge in [-0.25, -0.2) is 17.6 Å². The molecule has 15 unspecified atom stereocenters. The lowest BCUT2D eigenvalue weighted by atomic mass is 9.59. The third-order valence-electron chi connectivity index (χ3n) is 28.1. The Labute approximate surface area is 701 Å². The predicted molar refractivity (Wildman–Crippen MR) is 477 cm³/mol. The summed E-state index contributed by atoms with van der Waals surface area (Å²) in [4.78, 5) is 4.53. The zero-order valence-electron chi connectivity index (χ0n) is 69.4. The van der Waals surface area contributed by atoms with Crippen LogP contribution in [0.2, 0.25) is 0 Å². The van der Waals surface area contributed by atoms with Gasteiger partial charge in [-0.15, -0.1) is 6.58 Å². The number of anilines is 1. The number of fused-ring (bicyclic) bond motifs is 8. The van der Waals surface area contributed by atoms with Crippen molar-refractivity contribution >= 4 is 16.8 Å². The number of nitrogens with zero attached hydrogens (tertiary/aromatic N) is 2. The average molecular weight is 1580 g/mol. The molecule has 9 heteroatoms. The Morgan fingerprint density at radius 2 is 1.39 bits per heavy atom. The first kappa shape index (κ1) is 78.3. The van der Waals surface area contributed by atoms with E-state index >= 15 is 17.6 Å². The Morgan fingerprint density at radius 1 is 0.580 bits per heavy atom. The standard InChI is InChI=1S/C110H108F4N2O3/c1-9-69-25-47-87(48-26-69)117-89-51-39-79(40-52-89)109(77-35-31-75(32-36-77)107(3,4)5)97-23-13-11-21-91(97)93-55-29-73(63-99(93)109)71-17-15-19-81(61-71)115(83-45-59-101(111)103(113)65-83)85-43-57-95-96-58-44-86(68-106(96)119-105(95)67-85)116(84-46-60-102(112)104(114)66-84)82-20-16-18-72(62-82)74-30-56-94-92-22-12-14-24-98(92)110(100(94)64-74,78-37-33-76(34-38-78)108(6,7)8)80-41-53-90(54-42-80)118-88-49-27-70(10-2)28-50-88/h9-15,17-18,21-25,27-35,37-41,43-49,51-52,55-59,61-62,64-65,67,69,73,77,81,86,88,90,95-96,102,104-106H,1-2,16,19-20,26,36,42,50,53-54,60,63,66,68H2,3-8H3. The van der Waals surface area contributed by atoms with Crippen LogP contribution in [0.1, 0.15) is 170 Å². The van der Waals surface area contributed by atoms with E-state index in [9.17, 15) is 0 Å². The predicted octanol–water partition coefficient (Wildman–Crippen LogP) is 26.7. The van der Waals surface area contributed by atoms with Crippen molar-refractivity contribution in [3.8, 4) is 16.9 Å². The molecule has 13 aliphatic rings. The fourth-order valence-electron chi connectivity index (χ4n) is 22.0. The van der Waals surface area contributed by atoms with Crippen LogP contribution in [0, 0.1) is 46.6 Å². The quantitative estimate of drug-likeness (QED) is 0.0633. The summed E-state index contributed by atoms with van der Waals surface area (Å²) in [5.41, 5.74) is 23.5. The van der Waals surface area contributed by atoms with Crippen LogP contribution in [-0.2, 0) is 25.7 Å². The highest BCUT2D eigenvalue weighted by Crippen LogP contribution is 2.63. The van der Waals surface area contributed by atoms with Crippen LogP contribution in [0.15, 0.2) is 349 Å². The summed E-state index contributed by atoms with van der Waals surface area (Å²) in [7, 11) is 0. The van der Waals surface area contributed by atoms with Gasteiger partial charge in [-0.3, -0.25) is 0 Å². The van der Waals surface area contributed by atoms with Crippen LogP contribution >= 0.6 is 0 Å². The van der Waals surface area contributed by atoms with Crippen molar-refractivity contribution < 1.29 is 31.8 Å². The van der Waals surface area contributed by atoms with Crippen LogP contribution in [0.3, 0.4) is 0 Å². The monoisotopic (exact) mass is 1580 g/mol. The van der Waals surface area contributed by atoms with Crippen molar-refractivity contribution in [1.82, 2.24) is 4.90 Å². The molecule has 1 saturated heterocycles. The van der Waals surface area contributed by atoms with Gasteiger partial charge in [0, 0.05) is 64.9 Å². The van der Waals surface area contributed by atoms with Gasteiger partial charge in [0.1, 0.15) is 23.9 Å². The molecule has 1 heterocycles. The molecule has 0 aromatic heterocycles. The lowest BCUT2D eigenvalue weighted by molar-refractivity contribution is 0.00846. The average Bonchev–Trinajstić information content (AvgIpc) is 1.54. The van der Waals surface area contributed by atoms with Gasteiger partial charge in [0.25, 0.3) is 0 Å². The maximum Gasteiger partial charge on any atom is 0.160 e. The van der Waals surface area contributed by atoms with Gasteiger partial charge in [-0.05, 0) is 243 Å². The van der Waals surface area contributed by atoms with Crippen molar-refractivity contribution in [1.29, 1.82) is 0 Å². The van der Waals surface area contributed by atoms with Gasteiger partial charge in [0.05, 0.1) is 41.9 Å². The molecule has 6 aromatic carbocycles. The van der Waals surface area contributed by atoms with E-state index in [0.29, 0.717) is 24.4 Å². The third kappa shape index (κ3) is 14.3. The molecule has 1 fully saturated rings. The number of allylic oxidation sites excluding steroid dienone is 25. The van der Waals surface area contributed by atoms with E-state index in [1.165, 1.54) is 90.1 Å². The molecule has 5 nitrogen and oxygen atoms in total. The molecular weight excluding hydrogens is 1470 g/mol. The number of benzene rings is 6. The molecule has 0 saturated carbocycles. The molecule has 0 amide bonds. The summed E-state index contributed by atoms with van der Waals surface area (Å²) in [6.07, 6.45) is 61.2. The topological polar surface area (TPSA) is 34.2 Å². The molecular formula is C110H108F4N2O3. The normalized spacial score (nSPS) is 29.6. The first-order valence-corrected chi connectivity index (χ1v) is 43.7. The molecule has 0 N–H and O–H groups in total. The minimum Gasteiger partial charge on any atom is -0.458 e. The number of hydrogen-bond donors (Lipinski definition) is 0. The lowest BCUT2D eigenvalue weighted by Gasteiger charge is -2.43. The fraction of sp³-hybridized carbons (Fsp3) is 0.327. The molecule has 604 valence electrons. The highest BCUT2D eigenvalue weighted by molar-refractivity contribution is 5.91. The second-order valence-electron chi connectivity index (χ2n) is 37.1. The Hall–Kier alpha value is -10.6. The van der Waals surface area contributed by atoms with E-state index < -0.39 is 34.8 Å². The Kier molecular flexibility index (Phi) is 20.7. The zero-order valence-corrected chi connectivity index (χ0v) is 69.4. The molecule has 15 atom stereocenters. The highest BCUT2D eigenvalue weighted by Gasteiger charge is 2.54. The van der Waals surface area contributed by atoms with Gasteiger partial charge in [0.15, 0.2) is 11.6 Å². The van der Waals surface area contributed by atoms with Crippen molar-refractivity contribution in [3.63, 3.8) is 0 Å². The molecule has 19 rings (SSSR count). The van der Waals surface area contributed by atoms with Crippen molar-refractivity contribution in [2.45, 2.75) is 190 Å². The van der Waals surface area contributed by atoms with E-state index in [4.69, 9.17) is 14.2 Å². The zero-order chi connectivity index (χ0) is 81.6. The minimum atomic E-state index is -1.63. The molecule has 1 aliphatic heterocycles. The number of alkyl halides is 2. The van der Waals surface area contributed by atoms with Crippen LogP contribution < -0.4 is 9.64 Å². The maximum absolute atomic E-state index is 16.2. The van der Waals surface area contributed by atoms with Crippen molar-refractivity contribution in [2.24, 2.45) is 35.0 Å². The fourth-order valence-corrected chi connectivity index (χ4v) is 22.0. The van der Waals surface area contributed by atoms with Crippen LogP contribution in [0.25, 0.3) is 22.3 Å². The first-order valence-electron chi connectivity index (χ1n) is 43.7. The van der Waals surface area contributed by atoms with E-state index in [1.807, 2.05) is 24.3 Å². The van der Waals surface area contributed by atoms with Gasteiger partial charge >= 0.3 is 0 Å². The molecule has 0 radical (unpaired) electrons. The summed E-state index contributed by atoms with van der Waals surface area (Å²) in [6.45, 7) is 21.7. The second-order valence-corrected chi connectivity index (χ2v) is 37.1. The molecule has 0 spiro atoms. The summed E-state index contributed by atoms with van der Waals surface area (Å²) < 4.78 is 83.6. The Morgan fingerprint density at radius 3 is 2.12 bits per heavy atom. The largest absolute Gasteiger partial charge is 0.458 e. The van der Waals surface area contributed by atoms with Crippen LogP contribution in [-0.4, -0.2) is 53.7 Å². The minimum absolute atomic E-state index is 0.00388. The number of halogens is 4. The number of hydrogen-bond acceptors (Lipinski definition) is 5. The van der Waals surface area contributed by atoms with E-state index in [0.717, 1.165) is 103 Å². The molecule has 0 bridgehead atoms. The first-order chi connectivity index (χ1) is 57.7. The third-order valence-corrected chi connectivity index (χ3v) is 28.1. The summed E-state index contributed by atoms with van der Waals surface area (Å²) in [5, 5.41) is 0. The Bertz CT molecular complexity index is 5640. The molecule has 6 aromatic rings. The van der Waals surface area contributed by atoms with Gasteiger partial charge in [-0.2, -0.15) is 0 Å². The smallest absolute Gasteiger partial charge is 0.160 e. The number of rotatable bonds is 18. The van der Waals surface area contributed by atoms with Crippen molar-refractivity contribution in [3.05, 3.63) is 405 Å².